The van der Waals surface area contributed by atoms with Crippen LogP contribution >= 0.6 is 0 Å². The first kappa shape index (κ1) is 10.2. The topological polar surface area (TPSA) is 50.9 Å². The lowest BCUT2D eigenvalue weighted by Gasteiger charge is -2.16. The Labute approximate surface area is 78.6 Å². The van der Waals surface area contributed by atoms with Gasteiger partial charge in [0.2, 0.25) is 0 Å². The summed E-state index contributed by atoms with van der Waals surface area (Å²) >= 11 is 0. The molecule has 1 unspecified atom stereocenters. The minimum absolute atomic E-state index is 0.213. The molecule has 0 aliphatic carbocycles. The van der Waals surface area contributed by atoms with Crippen molar-refractivity contribution in [3.8, 4) is 0 Å². The van der Waals surface area contributed by atoms with Crippen molar-refractivity contribution in [1.29, 1.82) is 0 Å². The van der Waals surface area contributed by atoms with Crippen molar-refractivity contribution in [2.45, 2.75) is 20.3 Å². The van der Waals surface area contributed by atoms with Crippen molar-refractivity contribution in [2.75, 3.05) is 6.61 Å². The summed E-state index contributed by atoms with van der Waals surface area (Å²) in [6.07, 6.45) is 2.34. The lowest BCUT2D eigenvalue weighted by atomic mass is 9.93. The lowest BCUT2D eigenvalue weighted by molar-refractivity contribution is 0.186. The van der Waals surface area contributed by atoms with Crippen LogP contribution in [0.15, 0.2) is 6.33 Å². The van der Waals surface area contributed by atoms with Crippen LogP contribution in [-0.4, -0.2) is 26.5 Å². The molecule has 1 heterocycles. The smallest absolute Gasteiger partial charge is 0.138 e. The molecule has 0 saturated carbocycles. The number of aliphatic hydroxyl groups excluding tert-OH is 1. The highest BCUT2D eigenvalue weighted by Gasteiger charge is 2.15. The molecule has 0 bridgehead atoms. The van der Waals surface area contributed by atoms with Crippen LogP contribution in [0.3, 0.4) is 0 Å². The molecule has 1 aromatic heterocycles. The Morgan fingerprint density at radius 3 is 2.62 bits per heavy atom. The highest BCUT2D eigenvalue weighted by atomic mass is 16.3. The standard InChI is InChI=1S/C9H17N3O/c1-7(2)8(5-13)4-9-10-6-11-12(9)3/h6-8,13H,4-5H2,1-3H3. The summed E-state index contributed by atoms with van der Waals surface area (Å²) in [5, 5.41) is 13.1. The predicted octanol–water partition coefficient (Wildman–Crippen LogP) is 0.622. The summed E-state index contributed by atoms with van der Waals surface area (Å²) in [6, 6.07) is 0. The molecule has 13 heavy (non-hydrogen) atoms. The van der Waals surface area contributed by atoms with E-state index in [1.165, 1.54) is 0 Å². The zero-order valence-electron chi connectivity index (χ0n) is 8.44. The Morgan fingerprint density at radius 2 is 2.23 bits per heavy atom. The van der Waals surface area contributed by atoms with E-state index in [1.54, 1.807) is 11.0 Å². The Morgan fingerprint density at radius 1 is 1.54 bits per heavy atom. The second-order valence-electron chi connectivity index (χ2n) is 3.69. The van der Waals surface area contributed by atoms with Gasteiger partial charge in [0.1, 0.15) is 12.2 Å². The monoisotopic (exact) mass is 183 g/mol. The molecule has 4 heteroatoms. The van der Waals surface area contributed by atoms with Crippen molar-refractivity contribution in [2.24, 2.45) is 18.9 Å². The molecular weight excluding hydrogens is 166 g/mol. The van der Waals surface area contributed by atoms with E-state index in [4.69, 9.17) is 5.11 Å². The van der Waals surface area contributed by atoms with Gasteiger partial charge in [-0.25, -0.2) is 4.98 Å². The Bertz CT molecular complexity index is 257. The van der Waals surface area contributed by atoms with Crippen molar-refractivity contribution < 1.29 is 5.11 Å². The molecule has 0 aromatic carbocycles. The largest absolute Gasteiger partial charge is 0.396 e. The van der Waals surface area contributed by atoms with Crippen LogP contribution in [-0.2, 0) is 13.5 Å². The third kappa shape index (κ3) is 2.52. The van der Waals surface area contributed by atoms with Gasteiger partial charge in [0.05, 0.1) is 0 Å². The fourth-order valence-electron chi connectivity index (χ4n) is 1.25. The van der Waals surface area contributed by atoms with Gasteiger partial charge in [-0.15, -0.1) is 0 Å². The van der Waals surface area contributed by atoms with Crippen molar-refractivity contribution in [3.05, 3.63) is 12.2 Å². The molecule has 74 valence electrons. The van der Waals surface area contributed by atoms with Gasteiger partial charge in [0.25, 0.3) is 0 Å². The lowest BCUT2D eigenvalue weighted by Crippen LogP contribution is -2.18. The van der Waals surface area contributed by atoms with E-state index in [9.17, 15) is 0 Å². The van der Waals surface area contributed by atoms with Crippen LogP contribution in [0, 0.1) is 11.8 Å². The number of aryl methyl sites for hydroxylation is 1. The van der Waals surface area contributed by atoms with Crippen molar-refractivity contribution in [1.82, 2.24) is 14.8 Å². The average molecular weight is 183 g/mol. The maximum atomic E-state index is 9.13. The summed E-state index contributed by atoms with van der Waals surface area (Å²) in [7, 11) is 1.87. The van der Waals surface area contributed by atoms with Gasteiger partial charge in [0.15, 0.2) is 0 Å². The molecule has 4 nitrogen and oxygen atoms in total. The van der Waals surface area contributed by atoms with Crippen molar-refractivity contribution in [3.63, 3.8) is 0 Å². The molecule has 1 aromatic rings. The van der Waals surface area contributed by atoms with Crippen LogP contribution in [0.5, 0.6) is 0 Å². The number of hydrogen-bond acceptors (Lipinski definition) is 3. The number of aliphatic hydroxyl groups is 1. The summed E-state index contributed by atoms with van der Waals surface area (Å²) in [4.78, 5) is 4.13. The maximum absolute atomic E-state index is 9.13. The van der Waals surface area contributed by atoms with Crippen molar-refractivity contribution >= 4 is 0 Å². The van der Waals surface area contributed by atoms with Gasteiger partial charge in [0, 0.05) is 20.1 Å². The average Bonchev–Trinajstić information content (AvgIpc) is 2.46. The minimum atomic E-state index is 0.213. The van der Waals surface area contributed by atoms with E-state index < -0.39 is 0 Å². The number of hydrogen-bond donors (Lipinski definition) is 1. The first-order chi connectivity index (χ1) is 6.15. The van der Waals surface area contributed by atoms with E-state index in [2.05, 4.69) is 23.9 Å². The molecule has 1 atom stereocenters. The summed E-state index contributed by atoms with van der Waals surface area (Å²) in [5.41, 5.74) is 0. The van der Waals surface area contributed by atoms with Gasteiger partial charge in [-0.3, -0.25) is 4.68 Å². The summed E-state index contributed by atoms with van der Waals surface area (Å²) in [6.45, 7) is 4.43. The number of aromatic nitrogens is 3. The molecule has 0 radical (unpaired) electrons. The van der Waals surface area contributed by atoms with Gasteiger partial charge in [-0.05, 0) is 11.8 Å². The molecule has 0 amide bonds. The molecule has 1 rings (SSSR count). The van der Waals surface area contributed by atoms with Gasteiger partial charge >= 0.3 is 0 Å². The first-order valence-corrected chi connectivity index (χ1v) is 4.59. The van der Waals surface area contributed by atoms with Crippen LogP contribution < -0.4 is 0 Å². The maximum Gasteiger partial charge on any atom is 0.138 e. The summed E-state index contributed by atoms with van der Waals surface area (Å²) in [5.74, 6) is 1.69. The van der Waals surface area contributed by atoms with E-state index in [-0.39, 0.29) is 12.5 Å². The van der Waals surface area contributed by atoms with E-state index in [0.29, 0.717) is 5.92 Å². The molecular formula is C9H17N3O. The van der Waals surface area contributed by atoms with E-state index in [1.807, 2.05) is 7.05 Å². The Kier molecular flexibility index (Phi) is 3.42. The number of nitrogens with zero attached hydrogens (tertiary/aromatic N) is 3. The molecule has 0 aliphatic rings. The third-order valence-corrected chi connectivity index (χ3v) is 2.43. The zero-order chi connectivity index (χ0) is 9.84. The second kappa shape index (κ2) is 4.37. The quantitative estimate of drug-likeness (QED) is 0.744. The van der Waals surface area contributed by atoms with Gasteiger partial charge in [-0.1, -0.05) is 13.8 Å². The third-order valence-electron chi connectivity index (χ3n) is 2.43. The van der Waals surface area contributed by atoms with Crippen LogP contribution in [0.1, 0.15) is 19.7 Å². The molecule has 0 saturated heterocycles. The molecule has 1 N–H and O–H groups in total. The first-order valence-electron chi connectivity index (χ1n) is 4.59. The fourth-order valence-corrected chi connectivity index (χ4v) is 1.25. The fraction of sp³-hybridized carbons (Fsp3) is 0.778. The highest BCUT2D eigenvalue weighted by Crippen LogP contribution is 2.14. The number of rotatable bonds is 4. The van der Waals surface area contributed by atoms with Crippen LogP contribution in [0.2, 0.25) is 0 Å². The molecule has 0 fully saturated rings. The normalized spacial score (nSPS) is 13.6. The summed E-state index contributed by atoms with van der Waals surface area (Å²) < 4.78 is 1.76. The molecule has 0 aliphatic heterocycles. The SMILES string of the molecule is CC(C)C(CO)Cc1ncnn1C. The van der Waals surface area contributed by atoms with E-state index in [0.717, 1.165) is 12.2 Å². The van der Waals surface area contributed by atoms with Crippen LogP contribution in [0.4, 0.5) is 0 Å². The highest BCUT2D eigenvalue weighted by molar-refractivity contribution is 4.86. The zero-order valence-corrected chi connectivity index (χ0v) is 8.44. The Hall–Kier alpha value is -0.900. The Balaban J connectivity index is 2.62. The van der Waals surface area contributed by atoms with Gasteiger partial charge < -0.3 is 5.11 Å². The van der Waals surface area contributed by atoms with E-state index >= 15 is 0 Å². The molecule has 0 spiro atoms. The van der Waals surface area contributed by atoms with Crippen LogP contribution in [0.25, 0.3) is 0 Å². The van der Waals surface area contributed by atoms with Gasteiger partial charge in [-0.2, -0.15) is 5.10 Å². The predicted molar refractivity (Wildman–Crippen MR) is 50.1 cm³/mol. The minimum Gasteiger partial charge on any atom is -0.396 e. The second-order valence-corrected chi connectivity index (χ2v) is 3.69.